The van der Waals surface area contributed by atoms with Crippen LogP contribution < -0.4 is 15.4 Å². The normalized spacial score (nSPS) is 29.4. The zero-order valence-corrected chi connectivity index (χ0v) is 29.2. The molecule has 1 saturated heterocycles. The number of allylic oxidation sites excluding steroid dienone is 1. The number of ether oxygens (including phenoxy) is 2. The second-order valence-electron chi connectivity index (χ2n) is 14.1. The van der Waals surface area contributed by atoms with Crippen LogP contribution in [0.15, 0.2) is 36.9 Å². The monoisotopic (exact) mass is 711 g/mol. The van der Waals surface area contributed by atoms with Crippen molar-refractivity contribution in [2.45, 2.75) is 94.3 Å². The van der Waals surface area contributed by atoms with Gasteiger partial charge in [0.2, 0.25) is 21.8 Å². The predicted molar refractivity (Wildman–Crippen MR) is 182 cm³/mol. The molecular formula is C35H45N5O9S. The van der Waals surface area contributed by atoms with E-state index in [-0.39, 0.29) is 26.0 Å². The summed E-state index contributed by atoms with van der Waals surface area (Å²) in [6, 6.07) is 3.67. The van der Waals surface area contributed by atoms with E-state index in [1.807, 2.05) is 30.4 Å². The second-order valence-corrected chi connectivity index (χ2v) is 16.1. The van der Waals surface area contributed by atoms with Crippen molar-refractivity contribution < 1.29 is 41.9 Å². The Labute approximate surface area is 292 Å². The molecule has 270 valence electrons. The predicted octanol–water partition coefficient (Wildman–Crippen LogP) is 2.38. The van der Waals surface area contributed by atoms with Crippen LogP contribution in [0.5, 0.6) is 0 Å². The van der Waals surface area contributed by atoms with Crippen LogP contribution in [0.4, 0.5) is 9.59 Å². The molecule has 5 atom stereocenters. The van der Waals surface area contributed by atoms with E-state index in [1.54, 1.807) is 18.7 Å². The Morgan fingerprint density at radius 2 is 1.96 bits per heavy atom. The molecule has 15 heteroatoms. The van der Waals surface area contributed by atoms with Crippen molar-refractivity contribution in [2.24, 2.45) is 11.8 Å². The van der Waals surface area contributed by atoms with Gasteiger partial charge < -0.3 is 29.9 Å². The van der Waals surface area contributed by atoms with Gasteiger partial charge in [-0.1, -0.05) is 50.3 Å². The summed E-state index contributed by atoms with van der Waals surface area (Å²) in [5.41, 5.74) is 1.64. The largest absolute Gasteiger partial charge is 0.450 e. The lowest BCUT2D eigenvalue weighted by Crippen LogP contribution is -2.59. The molecule has 5 amide bonds. The van der Waals surface area contributed by atoms with E-state index >= 15 is 0 Å². The van der Waals surface area contributed by atoms with Gasteiger partial charge in [0.15, 0.2) is 0 Å². The molecule has 7 rings (SSSR count). The molecule has 4 heterocycles. The van der Waals surface area contributed by atoms with Crippen molar-refractivity contribution in [1.82, 2.24) is 25.2 Å². The standard InChI is InChI=1S/C35H45N5O9S/c1-4-24-18-35(24,32(43)38-50(46,47)26-12-13-26)37-30(41)28-17-25-20-40(28)31(42)29(21(2)3)36-33(44)48-16-7-5-6-9-22-10-8-11-23-19-39(34(45)49-25)15-14-27(22)23/h4,6,8-11,21,24-26,28-29H,1,5,7,12-20H2,2-3H3,(H,36,44)(H,37,41)(H,38,43)/b9-6+/t24-,25+,28-,29-,35+/m0/s1. The van der Waals surface area contributed by atoms with Gasteiger partial charge in [0.05, 0.1) is 18.4 Å². The summed E-state index contributed by atoms with van der Waals surface area (Å²) in [6.07, 6.45) is 6.10. The lowest BCUT2D eigenvalue weighted by Gasteiger charge is -2.31. The van der Waals surface area contributed by atoms with Gasteiger partial charge in [0.1, 0.15) is 23.7 Å². The Morgan fingerprint density at radius 1 is 1.18 bits per heavy atom. The molecule has 6 bridgehead atoms. The Hall–Kier alpha value is -4.40. The van der Waals surface area contributed by atoms with Crippen LogP contribution in [0.2, 0.25) is 0 Å². The Morgan fingerprint density at radius 3 is 2.66 bits per heavy atom. The maximum atomic E-state index is 14.1. The maximum Gasteiger partial charge on any atom is 0.410 e. The summed E-state index contributed by atoms with van der Waals surface area (Å²) < 4.78 is 38.6. The molecule has 14 nitrogen and oxygen atoms in total. The van der Waals surface area contributed by atoms with Crippen molar-refractivity contribution >= 4 is 46.0 Å². The van der Waals surface area contributed by atoms with Gasteiger partial charge in [-0.25, -0.2) is 18.0 Å². The number of carbonyl (C=O) groups is 5. The van der Waals surface area contributed by atoms with E-state index in [4.69, 9.17) is 9.47 Å². The first-order valence-electron chi connectivity index (χ1n) is 17.3. The highest BCUT2D eigenvalue weighted by Crippen LogP contribution is 2.45. The molecule has 1 aromatic rings. The number of amides is 5. The van der Waals surface area contributed by atoms with Gasteiger partial charge >= 0.3 is 12.2 Å². The quantitative estimate of drug-likeness (QED) is 0.358. The van der Waals surface area contributed by atoms with E-state index in [9.17, 15) is 32.4 Å². The van der Waals surface area contributed by atoms with Gasteiger partial charge in [-0.3, -0.25) is 19.1 Å². The smallest absolute Gasteiger partial charge is 0.410 e. The van der Waals surface area contributed by atoms with Crippen LogP contribution in [-0.2, 0) is 46.8 Å². The summed E-state index contributed by atoms with van der Waals surface area (Å²) in [7, 11) is -3.90. The lowest BCUT2D eigenvalue weighted by atomic mass is 9.94. The number of nitrogens with zero attached hydrogens (tertiary/aromatic N) is 2. The molecule has 2 saturated carbocycles. The number of hydrogen-bond acceptors (Lipinski definition) is 9. The van der Waals surface area contributed by atoms with Gasteiger partial charge in [-0.05, 0) is 61.1 Å². The minimum Gasteiger partial charge on any atom is -0.450 e. The fourth-order valence-electron chi connectivity index (χ4n) is 7.00. The summed E-state index contributed by atoms with van der Waals surface area (Å²) in [5.74, 6) is -3.10. The number of carbonyl (C=O) groups excluding carboxylic acids is 5. The minimum absolute atomic E-state index is 0.0746. The third-order valence-corrected chi connectivity index (χ3v) is 12.0. The molecular weight excluding hydrogens is 666 g/mol. The summed E-state index contributed by atoms with van der Waals surface area (Å²) >= 11 is 0. The zero-order chi connectivity index (χ0) is 35.8. The molecule has 0 radical (unpaired) electrons. The summed E-state index contributed by atoms with van der Waals surface area (Å²) in [5, 5.41) is 4.72. The van der Waals surface area contributed by atoms with Crippen LogP contribution in [0, 0.1) is 11.8 Å². The van der Waals surface area contributed by atoms with E-state index in [1.165, 1.54) is 11.0 Å². The highest BCUT2D eigenvalue weighted by Gasteiger charge is 2.62. The van der Waals surface area contributed by atoms with Gasteiger partial charge in [-0.15, -0.1) is 6.58 Å². The van der Waals surface area contributed by atoms with Gasteiger partial charge in [0.25, 0.3) is 5.91 Å². The van der Waals surface area contributed by atoms with E-state index < -0.39 is 80.7 Å². The number of nitrogens with one attached hydrogen (secondary N) is 3. The molecule has 1 aromatic carbocycles. The maximum absolute atomic E-state index is 14.1. The van der Waals surface area contributed by atoms with Crippen molar-refractivity contribution in [3.63, 3.8) is 0 Å². The first-order valence-corrected chi connectivity index (χ1v) is 18.8. The van der Waals surface area contributed by atoms with Crippen LogP contribution >= 0.6 is 0 Å². The highest BCUT2D eigenvalue weighted by molar-refractivity contribution is 7.91. The lowest BCUT2D eigenvalue weighted by molar-refractivity contribution is -0.141. The third-order valence-electron chi connectivity index (χ3n) is 10.2. The van der Waals surface area contributed by atoms with Crippen molar-refractivity contribution in [1.29, 1.82) is 0 Å². The van der Waals surface area contributed by atoms with Crippen LogP contribution in [0.1, 0.15) is 69.1 Å². The van der Waals surface area contributed by atoms with Crippen LogP contribution in [0.3, 0.4) is 0 Å². The second kappa shape index (κ2) is 14.1. The molecule has 0 spiro atoms. The molecule has 3 N–H and O–H groups in total. The Kier molecular flexibility index (Phi) is 9.98. The fourth-order valence-corrected chi connectivity index (χ4v) is 8.36. The fraction of sp³-hybridized carbons (Fsp3) is 0.571. The molecule has 4 aliphatic heterocycles. The van der Waals surface area contributed by atoms with Crippen LogP contribution in [0.25, 0.3) is 6.08 Å². The van der Waals surface area contributed by atoms with E-state index in [0.717, 1.165) is 16.7 Å². The van der Waals surface area contributed by atoms with Crippen molar-refractivity contribution in [2.75, 3.05) is 19.7 Å². The number of alkyl carbamates (subject to hydrolysis) is 1. The number of sulfonamides is 1. The SMILES string of the molecule is C=C[C@H]1C[C@]1(NC(=O)[C@@H]1C[C@@H]2CN1C(=O)[C@H](C(C)C)NC(=O)OCCC/C=C/c1cccc3c1CCN(C3)C(=O)O2)C(=O)NS(=O)(=O)C1CC1. The zero-order valence-electron chi connectivity index (χ0n) is 28.4. The molecule has 6 aliphatic rings. The Balaban J connectivity index is 1.26. The van der Waals surface area contributed by atoms with Gasteiger partial charge in [0, 0.05) is 25.4 Å². The van der Waals surface area contributed by atoms with E-state index in [2.05, 4.69) is 21.9 Å². The Bertz CT molecular complexity index is 1710. The summed E-state index contributed by atoms with van der Waals surface area (Å²) in [4.78, 5) is 70.7. The average Bonchev–Trinajstić information content (AvgIpc) is 4.01. The molecule has 3 fully saturated rings. The first kappa shape index (κ1) is 35.4. The molecule has 50 heavy (non-hydrogen) atoms. The summed E-state index contributed by atoms with van der Waals surface area (Å²) in [6.45, 7) is 7.99. The average molecular weight is 712 g/mol. The molecule has 0 unspecified atom stereocenters. The van der Waals surface area contributed by atoms with Crippen molar-refractivity contribution in [3.05, 3.63) is 53.6 Å². The number of hydrogen-bond donors (Lipinski definition) is 3. The minimum atomic E-state index is -3.90. The van der Waals surface area contributed by atoms with Crippen LogP contribution in [-0.4, -0.2) is 96.8 Å². The highest BCUT2D eigenvalue weighted by atomic mass is 32.2. The first-order chi connectivity index (χ1) is 23.8. The molecule has 0 aromatic heterocycles. The van der Waals surface area contributed by atoms with Gasteiger partial charge in [-0.2, -0.15) is 0 Å². The number of fused-ring (bicyclic) bond motifs is 10. The number of rotatable bonds is 7. The van der Waals surface area contributed by atoms with Crippen molar-refractivity contribution in [3.8, 4) is 0 Å². The topological polar surface area (TPSA) is 181 Å². The molecule has 2 aliphatic carbocycles. The number of benzene rings is 1. The van der Waals surface area contributed by atoms with E-state index in [0.29, 0.717) is 45.2 Å². The third kappa shape index (κ3) is 7.37.